The number of nitrogens with zero attached hydrogens (tertiary/aromatic N) is 1. The van der Waals surface area contributed by atoms with E-state index in [0.29, 0.717) is 18.4 Å². The van der Waals surface area contributed by atoms with E-state index in [9.17, 15) is 19.7 Å². The highest BCUT2D eigenvalue weighted by atomic mass is 35.5. The second-order valence-electron chi connectivity index (χ2n) is 5.08. The van der Waals surface area contributed by atoms with Gasteiger partial charge in [-0.25, -0.2) is 0 Å². The largest absolute Gasteiger partial charge is 0.490 e. The minimum absolute atomic E-state index is 0.0560. The molecule has 0 radical (unpaired) electrons. The van der Waals surface area contributed by atoms with Gasteiger partial charge in [-0.15, -0.1) is 0 Å². The molecule has 0 saturated carbocycles. The molecular weight excluding hydrogens is 312 g/mol. The number of methoxy groups -OCH3 is 1. The van der Waals surface area contributed by atoms with Crippen molar-refractivity contribution in [2.24, 2.45) is 0 Å². The van der Waals surface area contributed by atoms with Crippen molar-refractivity contribution in [2.75, 3.05) is 7.11 Å². The molecule has 0 bridgehead atoms. The molecule has 1 N–H and O–H groups in total. The summed E-state index contributed by atoms with van der Waals surface area (Å²) in [6.07, 6.45) is 1.01. The molecule has 1 amide bonds. The molecule has 0 saturated heterocycles. The van der Waals surface area contributed by atoms with Gasteiger partial charge in [0.05, 0.1) is 22.6 Å². The van der Waals surface area contributed by atoms with Crippen molar-refractivity contribution in [2.45, 2.75) is 32.2 Å². The molecule has 1 aliphatic rings. The minimum Gasteiger partial charge on any atom is -0.490 e. The number of carbonyl (C=O) groups is 2. The Kier molecular flexibility index (Phi) is 4.65. The maximum absolute atomic E-state index is 12.5. The number of ketones is 1. The van der Waals surface area contributed by atoms with Crippen molar-refractivity contribution in [1.29, 1.82) is 0 Å². The van der Waals surface area contributed by atoms with E-state index in [1.54, 1.807) is 0 Å². The first-order valence-electron chi connectivity index (χ1n) is 6.69. The molecule has 1 aromatic carbocycles. The lowest BCUT2D eigenvalue weighted by Crippen LogP contribution is -2.34. The van der Waals surface area contributed by atoms with Crippen LogP contribution in [0.15, 0.2) is 6.07 Å². The summed E-state index contributed by atoms with van der Waals surface area (Å²) in [5.74, 6) is -0.626. The van der Waals surface area contributed by atoms with Crippen molar-refractivity contribution in [3.63, 3.8) is 0 Å². The number of hydrogen-bond acceptors (Lipinski definition) is 5. The van der Waals surface area contributed by atoms with Gasteiger partial charge in [-0.1, -0.05) is 11.6 Å². The molecule has 7 nitrogen and oxygen atoms in total. The van der Waals surface area contributed by atoms with E-state index in [4.69, 9.17) is 16.3 Å². The van der Waals surface area contributed by atoms with Gasteiger partial charge in [0.15, 0.2) is 5.78 Å². The molecule has 1 atom stereocenters. The van der Waals surface area contributed by atoms with E-state index in [1.165, 1.54) is 20.1 Å². The lowest BCUT2D eigenvalue weighted by molar-refractivity contribution is -0.385. The molecule has 0 heterocycles. The summed E-state index contributed by atoms with van der Waals surface area (Å²) < 4.78 is 5.09. The number of nitrogens with one attached hydrogen (secondary N) is 1. The van der Waals surface area contributed by atoms with E-state index < -0.39 is 4.92 Å². The summed E-state index contributed by atoms with van der Waals surface area (Å²) in [7, 11) is 1.28. The highest BCUT2D eigenvalue weighted by molar-refractivity contribution is 6.32. The Bertz CT molecular complexity index is 659. The monoisotopic (exact) mass is 326 g/mol. The molecule has 2 rings (SSSR count). The molecule has 0 fully saturated rings. The number of nitro benzene ring substituents is 1. The van der Waals surface area contributed by atoms with Gasteiger partial charge >= 0.3 is 5.69 Å². The number of nitro groups is 1. The van der Waals surface area contributed by atoms with Crippen molar-refractivity contribution in [3.05, 3.63) is 32.3 Å². The smallest absolute Gasteiger partial charge is 0.313 e. The lowest BCUT2D eigenvalue weighted by atomic mass is 9.99. The molecule has 1 aliphatic carbocycles. The zero-order chi connectivity index (χ0) is 16.4. The average Bonchev–Trinajstić information content (AvgIpc) is 2.58. The van der Waals surface area contributed by atoms with E-state index in [0.717, 1.165) is 0 Å². The van der Waals surface area contributed by atoms with Crippen LogP contribution in [0.2, 0.25) is 5.02 Å². The number of Topliss-reactive ketones (excluding diaryl/α,β-unsaturated/α-hetero) is 1. The average molecular weight is 327 g/mol. The van der Waals surface area contributed by atoms with Crippen LogP contribution in [0, 0.1) is 10.1 Å². The van der Waals surface area contributed by atoms with Gasteiger partial charge in [0.25, 0.3) is 0 Å². The molecule has 1 aromatic rings. The van der Waals surface area contributed by atoms with Gasteiger partial charge in [0.2, 0.25) is 11.7 Å². The Morgan fingerprint density at radius 1 is 1.55 bits per heavy atom. The van der Waals surface area contributed by atoms with Crippen LogP contribution in [0.25, 0.3) is 0 Å². The number of amides is 1. The first-order valence-corrected chi connectivity index (χ1v) is 7.07. The van der Waals surface area contributed by atoms with Crippen LogP contribution >= 0.6 is 11.6 Å². The molecule has 8 heteroatoms. The molecule has 22 heavy (non-hydrogen) atoms. The highest BCUT2D eigenvalue weighted by Crippen LogP contribution is 2.40. The number of carbonyl (C=O) groups excluding carboxylic acids is 2. The van der Waals surface area contributed by atoms with Crippen molar-refractivity contribution >= 4 is 29.0 Å². The third kappa shape index (κ3) is 3.04. The third-order valence-corrected chi connectivity index (χ3v) is 3.91. The Morgan fingerprint density at radius 3 is 2.77 bits per heavy atom. The number of fused-ring (bicyclic) bond motifs is 1. The van der Waals surface area contributed by atoms with E-state index >= 15 is 0 Å². The molecular formula is C14H15ClN2O5. The summed E-state index contributed by atoms with van der Waals surface area (Å²) in [6.45, 7) is 1.38. The van der Waals surface area contributed by atoms with Crippen LogP contribution in [0.3, 0.4) is 0 Å². The fourth-order valence-corrected chi connectivity index (χ4v) is 2.99. The van der Waals surface area contributed by atoms with Gasteiger partial charge in [0, 0.05) is 25.5 Å². The van der Waals surface area contributed by atoms with Gasteiger partial charge in [-0.2, -0.15) is 0 Å². The van der Waals surface area contributed by atoms with Crippen LogP contribution in [0.4, 0.5) is 5.69 Å². The maximum Gasteiger partial charge on any atom is 0.313 e. The number of halogens is 1. The predicted octanol–water partition coefficient (Wildman–Crippen LogP) is 2.28. The van der Waals surface area contributed by atoms with Gasteiger partial charge < -0.3 is 10.1 Å². The summed E-state index contributed by atoms with van der Waals surface area (Å²) in [4.78, 5) is 34.2. The van der Waals surface area contributed by atoms with Crippen molar-refractivity contribution in [1.82, 2.24) is 5.32 Å². The van der Waals surface area contributed by atoms with Crippen LogP contribution in [0.1, 0.15) is 35.7 Å². The van der Waals surface area contributed by atoms with E-state index in [1.807, 2.05) is 0 Å². The SMILES string of the molecule is COc1c([N+](=O)[O-])cc(Cl)c2c1C(=O)CC(NC(C)=O)CC2. The summed E-state index contributed by atoms with van der Waals surface area (Å²) in [6, 6.07) is 0.878. The topological polar surface area (TPSA) is 98.5 Å². The fourth-order valence-electron chi connectivity index (χ4n) is 2.70. The van der Waals surface area contributed by atoms with Gasteiger partial charge in [0.1, 0.15) is 0 Å². The number of hydrogen-bond donors (Lipinski definition) is 1. The number of ether oxygens (including phenoxy) is 1. The minimum atomic E-state index is -0.630. The Labute approximate surface area is 131 Å². The van der Waals surface area contributed by atoms with Gasteiger partial charge in [-0.05, 0) is 18.4 Å². The van der Waals surface area contributed by atoms with Crippen molar-refractivity contribution in [3.8, 4) is 5.75 Å². The Morgan fingerprint density at radius 2 is 2.23 bits per heavy atom. The Balaban J connectivity index is 2.53. The van der Waals surface area contributed by atoms with E-state index in [2.05, 4.69) is 5.32 Å². The van der Waals surface area contributed by atoms with Crippen LogP contribution in [-0.2, 0) is 11.2 Å². The second-order valence-corrected chi connectivity index (χ2v) is 5.49. The standard InChI is InChI=1S/C14H15ClN2O5/c1-7(18)16-8-3-4-9-10(15)6-11(17(20)21)14(22-2)13(9)12(19)5-8/h6,8H,3-5H2,1-2H3,(H,16,18). The quantitative estimate of drug-likeness (QED) is 0.522. The van der Waals surface area contributed by atoms with E-state index in [-0.39, 0.29) is 46.2 Å². The van der Waals surface area contributed by atoms with Crippen LogP contribution < -0.4 is 10.1 Å². The lowest BCUT2D eigenvalue weighted by Gasteiger charge is -2.13. The molecule has 0 aliphatic heterocycles. The summed E-state index contributed by atoms with van der Waals surface area (Å²) >= 11 is 6.11. The fraction of sp³-hybridized carbons (Fsp3) is 0.429. The first kappa shape index (κ1) is 16.2. The summed E-state index contributed by atoms with van der Waals surface area (Å²) in [5.41, 5.74) is 0.342. The maximum atomic E-state index is 12.5. The number of benzene rings is 1. The molecule has 0 spiro atoms. The zero-order valence-corrected chi connectivity index (χ0v) is 12.9. The number of rotatable bonds is 3. The molecule has 0 aromatic heterocycles. The van der Waals surface area contributed by atoms with Crippen LogP contribution in [-0.4, -0.2) is 29.8 Å². The Hall–Kier alpha value is -2.15. The highest BCUT2D eigenvalue weighted by Gasteiger charge is 2.32. The van der Waals surface area contributed by atoms with Gasteiger partial charge in [-0.3, -0.25) is 19.7 Å². The predicted molar refractivity (Wildman–Crippen MR) is 79.5 cm³/mol. The summed E-state index contributed by atoms with van der Waals surface area (Å²) in [5, 5.41) is 14.0. The third-order valence-electron chi connectivity index (χ3n) is 3.57. The zero-order valence-electron chi connectivity index (χ0n) is 12.1. The molecule has 118 valence electrons. The normalized spacial score (nSPS) is 17.4. The van der Waals surface area contributed by atoms with Crippen molar-refractivity contribution < 1.29 is 19.2 Å². The second kappa shape index (κ2) is 6.31. The van der Waals surface area contributed by atoms with Crippen LogP contribution in [0.5, 0.6) is 5.75 Å². The first-order chi connectivity index (χ1) is 10.3. The molecule has 1 unspecified atom stereocenters.